The number of hydrogen-bond donors (Lipinski definition) is 0. The molecule has 1 aromatic carbocycles. The van der Waals surface area contributed by atoms with Gasteiger partial charge in [0.25, 0.3) is 0 Å². The normalized spacial score (nSPS) is 10.6. The zero-order valence-corrected chi connectivity index (χ0v) is 11.3. The van der Waals surface area contributed by atoms with E-state index in [-0.39, 0.29) is 0 Å². The van der Waals surface area contributed by atoms with Crippen molar-refractivity contribution in [2.45, 2.75) is 6.54 Å². The number of benzene rings is 1. The number of nitrogens with zero attached hydrogens (tertiary/aromatic N) is 2. The standard InChI is InChI=1S/C10H7Cl2IN2/c11-9-2-1-3-10(12)8(9)6-15-5-7(13)4-14-15/h1-5H,6H2. The van der Waals surface area contributed by atoms with Crippen LogP contribution in [0, 0.1) is 3.57 Å². The predicted molar refractivity (Wildman–Crippen MR) is 70.5 cm³/mol. The largest absolute Gasteiger partial charge is 0.267 e. The smallest absolute Gasteiger partial charge is 0.0689 e. The van der Waals surface area contributed by atoms with Gasteiger partial charge in [-0.3, -0.25) is 4.68 Å². The van der Waals surface area contributed by atoms with E-state index in [1.807, 2.05) is 29.1 Å². The Bertz CT molecular complexity index is 462. The maximum absolute atomic E-state index is 6.06. The van der Waals surface area contributed by atoms with Crippen molar-refractivity contribution in [2.24, 2.45) is 0 Å². The minimum Gasteiger partial charge on any atom is -0.267 e. The molecule has 0 N–H and O–H groups in total. The average molecular weight is 353 g/mol. The summed E-state index contributed by atoms with van der Waals surface area (Å²) < 4.78 is 2.91. The molecule has 0 radical (unpaired) electrons. The molecule has 0 aliphatic carbocycles. The van der Waals surface area contributed by atoms with E-state index in [9.17, 15) is 0 Å². The SMILES string of the molecule is Clc1cccc(Cl)c1Cn1cc(I)cn1. The monoisotopic (exact) mass is 352 g/mol. The van der Waals surface area contributed by atoms with Crippen LogP contribution in [0.25, 0.3) is 0 Å². The minimum absolute atomic E-state index is 0.599. The first-order chi connectivity index (χ1) is 7.16. The molecule has 15 heavy (non-hydrogen) atoms. The third kappa shape index (κ3) is 2.65. The van der Waals surface area contributed by atoms with Gasteiger partial charge in [-0.15, -0.1) is 0 Å². The van der Waals surface area contributed by atoms with E-state index in [2.05, 4.69) is 27.7 Å². The van der Waals surface area contributed by atoms with Crippen molar-refractivity contribution < 1.29 is 0 Å². The van der Waals surface area contributed by atoms with Crippen molar-refractivity contribution >= 4 is 45.8 Å². The summed E-state index contributed by atoms with van der Waals surface area (Å²) in [6.45, 7) is 0.599. The molecule has 5 heteroatoms. The van der Waals surface area contributed by atoms with E-state index in [1.165, 1.54) is 0 Å². The molecule has 0 saturated heterocycles. The summed E-state index contributed by atoms with van der Waals surface area (Å²) >= 11 is 14.3. The van der Waals surface area contributed by atoms with Crippen LogP contribution in [-0.2, 0) is 6.54 Å². The number of hydrogen-bond acceptors (Lipinski definition) is 1. The van der Waals surface area contributed by atoms with Crippen molar-refractivity contribution in [3.8, 4) is 0 Å². The molecule has 78 valence electrons. The third-order valence-electron chi connectivity index (χ3n) is 1.98. The molecule has 1 heterocycles. The van der Waals surface area contributed by atoms with Crippen molar-refractivity contribution in [2.75, 3.05) is 0 Å². The second-order valence-corrected chi connectivity index (χ2v) is 5.12. The van der Waals surface area contributed by atoms with Gasteiger partial charge in [0.15, 0.2) is 0 Å². The predicted octanol–water partition coefficient (Wildman–Crippen LogP) is 3.84. The Morgan fingerprint density at radius 3 is 2.47 bits per heavy atom. The molecular weight excluding hydrogens is 346 g/mol. The van der Waals surface area contributed by atoms with Crippen LogP contribution >= 0.6 is 45.8 Å². The van der Waals surface area contributed by atoms with E-state index in [4.69, 9.17) is 23.2 Å². The molecule has 1 aromatic heterocycles. The topological polar surface area (TPSA) is 17.8 Å². The fourth-order valence-electron chi connectivity index (χ4n) is 1.27. The first-order valence-corrected chi connectivity index (χ1v) is 6.11. The lowest BCUT2D eigenvalue weighted by molar-refractivity contribution is 0.687. The van der Waals surface area contributed by atoms with E-state index >= 15 is 0 Å². The van der Waals surface area contributed by atoms with E-state index in [1.54, 1.807) is 6.20 Å². The molecule has 2 rings (SSSR count). The Morgan fingerprint density at radius 2 is 1.93 bits per heavy atom. The molecule has 0 unspecified atom stereocenters. The number of halogens is 3. The van der Waals surface area contributed by atoms with Crippen LogP contribution in [0.1, 0.15) is 5.56 Å². The fraction of sp³-hybridized carbons (Fsp3) is 0.100. The molecule has 0 spiro atoms. The maximum Gasteiger partial charge on any atom is 0.0689 e. The Morgan fingerprint density at radius 1 is 1.27 bits per heavy atom. The lowest BCUT2D eigenvalue weighted by atomic mass is 10.2. The molecule has 0 saturated carbocycles. The van der Waals surface area contributed by atoms with Crippen LogP contribution in [-0.4, -0.2) is 9.78 Å². The summed E-state index contributed by atoms with van der Waals surface area (Å²) in [6.07, 6.45) is 3.74. The van der Waals surface area contributed by atoms with Crippen LogP contribution in [0.4, 0.5) is 0 Å². The van der Waals surface area contributed by atoms with Crippen molar-refractivity contribution in [1.82, 2.24) is 9.78 Å². The molecule has 0 aliphatic heterocycles. The lowest BCUT2D eigenvalue weighted by Gasteiger charge is -2.06. The summed E-state index contributed by atoms with van der Waals surface area (Å²) in [5.74, 6) is 0. The second kappa shape index (κ2) is 4.72. The second-order valence-electron chi connectivity index (χ2n) is 3.06. The zero-order valence-electron chi connectivity index (χ0n) is 7.62. The van der Waals surface area contributed by atoms with Gasteiger partial charge in [-0.05, 0) is 34.7 Å². The van der Waals surface area contributed by atoms with Gasteiger partial charge in [-0.1, -0.05) is 29.3 Å². The third-order valence-corrected chi connectivity index (χ3v) is 3.25. The zero-order chi connectivity index (χ0) is 10.8. The van der Waals surface area contributed by atoms with Crippen molar-refractivity contribution in [3.63, 3.8) is 0 Å². The highest BCUT2D eigenvalue weighted by atomic mass is 127. The van der Waals surface area contributed by atoms with E-state index in [0.717, 1.165) is 9.13 Å². The molecule has 0 fully saturated rings. The van der Waals surface area contributed by atoms with E-state index < -0.39 is 0 Å². The van der Waals surface area contributed by atoms with Crippen LogP contribution in [0.2, 0.25) is 10.0 Å². The van der Waals surface area contributed by atoms with Gasteiger partial charge < -0.3 is 0 Å². The average Bonchev–Trinajstić information content (AvgIpc) is 2.58. The highest BCUT2D eigenvalue weighted by Gasteiger charge is 2.06. The first kappa shape index (κ1) is 11.2. The van der Waals surface area contributed by atoms with Crippen molar-refractivity contribution in [1.29, 1.82) is 0 Å². The van der Waals surface area contributed by atoms with Gasteiger partial charge in [0.2, 0.25) is 0 Å². The number of aromatic nitrogens is 2. The van der Waals surface area contributed by atoms with Crippen LogP contribution in [0.15, 0.2) is 30.6 Å². The molecule has 0 bridgehead atoms. The van der Waals surface area contributed by atoms with E-state index in [0.29, 0.717) is 16.6 Å². The molecular formula is C10H7Cl2IN2. The molecule has 0 aliphatic rings. The Balaban J connectivity index is 2.31. The van der Waals surface area contributed by atoms with Crippen molar-refractivity contribution in [3.05, 3.63) is 49.8 Å². The maximum atomic E-state index is 6.06. The molecule has 0 atom stereocenters. The van der Waals surface area contributed by atoms with Crippen LogP contribution in [0.5, 0.6) is 0 Å². The summed E-state index contributed by atoms with van der Waals surface area (Å²) in [5.41, 5.74) is 0.903. The van der Waals surface area contributed by atoms with Gasteiger partial charge in [-0.25, -0.2) is 0 Å². The summed E-state index contributed by atoms with van der Waals surface area (Å²) in [7, 11) is 0. The summed E-state index contributed by atoms with van der Waals surface area (Å²) in [6, 6.07) is 5.50. The van der Waals surface area contributed by atoms with Gasteiger partial charge in [0.05, 0.1) is 16.3 Å². The fourth-order valence-corrected chi connectivity index (χ4v) is 2.23. The Kier molecular flexibility index (Phi) is 3.53. The lowest BCUT2D eigenvalue weighted by Crippen LogP contribution is -2.01. The van der Waals surface area contributed by atoms with Gasteiger partial charge >= 0.3 is 0 Å². The van der Waals surface area contributed by atoms with Crippen LogP contribution in [0.3, 0.4) is 0 Å². The Labute approximate surface area is 111 Å². The molecule has 2 aromatic rings. The summed E-state index contributed by atoms with van der Waals surface area (Å²) in [4.78, 5) is 0. The van der Waals surface area contributed by atoms with Gasteiger partial charge in [-0.2, -0.15) is 5.10 Å². The van der Waals surface area contributed by atoms with Gasteiger partial charge in [0.1, 0.15) is 0 Å². The quantitative estimate of drug-likeness (QED) is 0.751. The molecule has 2 nitrogen and oxygen atoms in total. The summed E-state index contributed by atoms with van der Waals surface area (Å²) in [5, 5.41) is 5.53. The minimum atomic E-state index is 0.599. The highest BCUT2D eigenvalue weighted by molar-refractivity contribution is 14.1. The first-order valence-electron chi connectivity index (χ1n) is 4.27. The van der Waals surface area contributed by atoms with Gasteiger partial charge in [0, 0.05) is 21.8 Å². The number of rotatable bonds is 2. The Hall–Kier alpha value is -0.260. The highest BCUT2D eigenvalue weighted by Crippen LogP contribution is 2.24. The molecule has 0 amide bonds. The van der Waals surface area contributed by atoms with Crippen LogP contribution < -0.4 is 0 Å².